The number of hydrogen-bond donors (Lipinski definition) is 0. The number of sulfonamides is 1. The molecular formula is C19H31N3O3S2. The SMILES string of the molecule is CCN(CC)S(=O)(=O)c1ccc(SCC(=O)N(C)C2CCC(C)CC2)nc1. The third-order valence-corrected chi connectivity index (χ3v) is 8.28. The van der Waals surface area contributed by atoms with E-state index in [1.54, 1.807) is 12.1 Å². The minimum Gasteiger partial charge on any atom is -0.342 e. The van der Waals surface area contributed by atoms with Crippen LogP contribution in [0.1, 0.15) is 46.5 Å². The molecule has 0 unspecified atom stereocenters. The van der Waals surface area contributed by atoms with Crippen LogP contribution in [0.4, 0.5) is 0 Å². The summed E-state index contributed by atoms with van der Waals surface area (Å²) in [6.45, 7) is 6.75. The number of rotatable bonds is 8. The van der Waals surface area contributed by atoms with E-state index < -0.39 is 10.0 Å². The maximum atomic E-state index is 12.5. The highest BCUT2D eigenvalue weighted by Gasteiger charge is 2.25. The fraction of sp³-hybridized carbons (Fsp3) is 0.684. The number of thioether (sulfide) groups is 1. The van der Waals surface area contributed by atoms with E-state index in [2.05, 4.69) is 11.9 Å². The fourth-order valence-electron chi connectivity index (χ4n) is 3.39. The van der Waals surface area contributed by atoms with Gasteiger partial charge in [0.15, 0.2) is 0 Å². The Bertz CT molecular complexity index is 710. The lowest BCUT2D eigenvalue weighted by atomic mass is 9.87. The molecule has 0 aromatic carbocycles. The maximum absolute atomic E-state index is 12.5. The highest BCUT2D eigenvalue weighted by atomic mass is 32.2. The zero-order valence-corrected chi connectivity index (χ0v) is 18.4. The van der Waals surface area contributed by atoms with Crippen LogP contribution in [-0.2, 0) is 14.8 Å². The molecule has 1 heterocycles. The zero-order chi connectivity index (χ0) is 20.0. The first-order chi connectivity index (χ1) is 12.8. The molecule has 1 aromatic heterocycles. The molecule has 1 fully saturated rings. The highest BCUT2D eigenvalue weighted by Crippen LogP contribution is 2.27. The molecule has 2 rings (SSSR count). The van der Waals surface area contributed by atoms with Crippen LogP contribution in [-0.4, -0.2) is 60.4 Å². The van der Waals surface area contributed by atoms with Gasteiger partial charge in [0.05, 0.1) is 10.8 Å². The standard InChI is InChI=1S/C19H31N3O3S2/c1-5-22(6-2)27(24,25)17-11-12-18(20-13-17)26-14-19(23)21(4)16-9-7-15(3)8-10-16/h11-13,15-16H,5-10,14H2,1-4H3. The molecule has 0 radical (unpaired) electrons. The third-order valence-electron chi connectivity index (χ3n) is 5.32. The smallest absolute Gasteiger partial charge is 0.244 e. The van der Waals surface area contributed by atoms with E-state index in [0.29, 0.717) is 29.9 Å². The van der Waals surface area contributed by atoms with E-state index in [1.807, 2.05) is 25.8 Å². The van der Waals surface area contributed by atoms with Crippen LogP contribution in [0, 0.1) is 5.92 Å². The topological polar surface area (TPSA) is 70.6 Å². The number of nitrogens with zero attached hydrogens (tertiary/aromatic N) is 3. The third kappa shape index (κ3) is 5.68. The van der Waals surface area contributed by atoms with Crippen LogP contribution in [0.3, 0.4) is 0 Å². The Balaban J connectivity index is 1.92. The first-order valence-corrected chi connectivity index (χ1v) is 12.1. The maximum Gasteiger partial charge on any atom is 0.244 e. The van der Waals surface area contributed by atoms with Gasteiger partial charge in [-0.05, 0) is 43.7 Å². The van der Waals surface area contributed by atoms with Gasteiger partial charge in [-0.3, -0.25) is 4.79 Å². The Labute approximate surface area is 167 Å². The highest BCUT2D eigenvalue weighted by molar-refractivity contribution is 7.99. The lowest BCUT2D eigenvalue weighted by molar-refractivity contribution is -0.129. The van der Waals surface area contributed by atoms with Gasteiger partial charge in [-0.15, -0.1) is 0 Å². The minimum atomic E-state index is -3.50. The summed E-state index contributed by atoms with van der Waals surface area (Å²) in [5.41, 5.74) is 0. The Kier molecular flexibility index (Phi) is 8.12. The van der Waals surface area contributed by atoms with Gasteiger partial charge in [0.1, 0.15) is 4.90 Å². The second-order valence-corrected chi connectivity index (χ2v) is 10.1. The van der Waals surface area contributed by atoms with Crippen molar-refractivity contribution >= 4 is 27.7 Å². The van der Waals surface area contributed by atoms with Crippen molar-refractivity contribution in [3.05, 3.63) is 18.3 Å². The summed E-state index contributed by atoms with van der Waals surface area (Å²) in [7, 11) is -1.61. The van der Waals surface area contributed by atoms with Gasteiger partial charge in [0, 0.05) is 32.4 Å². The van der Waals surface area contributed by atoms with E-state index in [0.717, 1.165) is 18.8 Å². The second-order valence-electron chi connectivity index (χ2n) is 7.13. The van der Waals surface area contributed by atoms with Crippen molar-refractivity contribution in [1.29, 1.82) is 0 Å². The molecule has 27 heavy (non-hydrogen) atoms. The van der Waals surface area contributed by atoms with Gasteiger partial charge in [0.2, 0.25) is 15.9 Å². The summed E-state index contributed by atoms with van der Waals surface area (Å²) < 4.78 is 26.4. The number of pyridine rings is 1. The Hall–Kier alpha value is -1.12. The Morgan fingerprint density at radius 3 is 2.33 bits per heavy atom. The van der Waals surface area contributed by atoms with E-state index in [1.165, 1.54) is 35.1 Å². The van der Waals surface area contributed by atoms with Crippen LogP contribution in [0.2, 0.25) is 0 Å². The van der Waals surface area contributed by atoms with Crippen molar-refractivity contribution in [2.75, 3.05) is 25.9 Å². The number of hydrogen-bond acceptors (Lipinski definition) is 5. The van der Waals surface area contributed by atoms with Crippen molar-refractivity contribution in [3.63, 3.8) is 0 Å². The molecule has 0 bridgehead atoms. The lowest BCUT2D eigenvalue weighted by Gasteiger charge is -2.33. The summed E-state index contributed by atoms with van der Waals surface area (Å²) in [6, 6.07) is 3.58. The van der Waals surface area contributed by atoms with E-state index in [4.69, 9.17) is 0 Å². The zero-order valence-electron chi connectivity index (χ0n) is 16.7. The van der Waals surface area contributed by atoms with Gasteiger partial charge >= 0.3 is 0 Å². The molecule has 0 saturated heterocycles. The largest absolute Gasteiger partial charge is 0.342 e. The first kappa shape index (κ1) is 22.2. The molecule has 0 N–H and O–H groups in total. The lowest BCUT2D eigenvalue weighted by Crippen LogP contribution is -2.40. The Morgan fingerprint density at radius 2 is 1.81 bits per heavy atom. The Morgan fingerprint density at radius 1 is 1.19 bits per heavy atom. The van der Waals surface area contributed by atoms with E-state index >= 15 is 0 Å². The molecule has 1 amide bonds. The minimum absolute atomic E-state index is 0.0983. The van der Waals surface area contributed by atoms with Crippen LogP contribution < -0.4 is 0 Å². The molecule has 0 atom stereocenters. The van der Waals surface area contributed by atoms with E-state index in [-0.39, 0.29) is 10.8 Å². The van der Waals surface area contributed by atoms with Gasteiger partial charge in [-0.25, -0.2) is 13.4 Å². The molecule has 1 saturated carbocycles. The number of carbonyl (C=O) groups is 1. The predicted octanol–water partition coefficient (Wildman–Crippen LogP) is 3.24. The number of carbonyl (C=O) groups excluding carboxylic acids is 1. The van der Waals surface area contributed by atoms with Gasteiger partial charge in [0.25, 0.3) is 0 Å². The molecule has 1 aliphatic carbocycles. The molecule has 1 aromatic rings. The van der Waals surface area contributed by atoms with Gasteiger partial charge in [-0.2, -0.15) is 4.31 Å². The van der Waals surface area contributed by atoms with Crippen molar-refractivity contribution < 1.29 is 13.2 Å². The molecule has 6 nitrogen and oxygen atoms in total. The summed E-state index contributed by atoms with van der Waals surface area (Å²) in [5, 5.41) is 0.660. The number of aromatic nitrogens is 1. The van der Waals surface area contributed by atoms with Crippen LogP contribution in [0.25, 0.3) is 0 Å². The van der Waals surface area contributed by atoms with Crippen molar-refractivity contribution in [2.24, 2.45) is 5.92 Å². The molecule has 0 aliphatic heterocycles. The van der Waals surface area contributed by atoms with Gasteiger partial charge in [-0.1, -0.05) is 32.5 Å². The van der Waals surface area contributed by atoms with Crippen LogP contribution in [0.5, 0.6) is 0 Å². The van der Waals surface area contributed by atoms with Crippen molar-refractivity contribution in [2.45, 2.75) is 62.4 Å². The first-order valence-electron chi connectivity index (χ1n) is 9.64. The van der Waals surface area contributed by atoms with Crippen molar-refractivity contribution in [1.82, 2.24) is 14.2 Å². The molecular weight excluding hydrogens is 382 g/mol. The summed E-state index contributed by atoms with van der Waals surface area (Å²) >= 11 is 1.35. The second kappa shape index (κ2) is 9.89. The molecule has 0 spiro atoms. The van der Waals surface area contributed by atoms with Crippen LogP contribution >= 0.6 is 11.8 Å². The molecule has 8 heteroatoms. The normalized spacial score (nSPS) is 20.6. The molecule has 152 valence electrons. The number of amides is 1. The average Bonchev–Trinajstić information content (AvgIpc) is 2.67. The van der Waals surface area contributed by atoms with Crippen molar-refractivity contribution in [3.8, 4) is 0 Å². The van der Waals surface area contributed by atoms with E-state index in [9.17, 15) is 13.2 Å². The van der Waals surface area contributed by atoms with Crippen LogP contribution in [0.15, 0.2) is 28.3 Å². The monoisotopic (exact) mass is 413 g/mol. The average molecular weight is 414 g/mol. The predicted molar refractivity (Wildman–Crippen MR) is 109 cm³/mol. The fourth-order valence-corrected chi connectivity index (χ4v) is 5.56. The van der Waals surface area contributed by atoms with Gasteiger partial charge < -0.3 is 4.90 Å². The summed E-state index contributed by atoms with van der Waals surface area (Å²) in [5.74, 6) is 1.17. The summed E-state index contributed by atoms with van der Waals surface area (Å²) in [6.07, 6.45) is 5.89. The quantitative estimate of drug-likeness (QED) is 0.612. The summed E-state index contributed by atoms with van der Waals surface area (Å²) in [4.78, 5) is 18.8. The molecule has 1 aliphatic rings.